The van der Waals surface area contributed by atoms with Crippen LogP contribution in [0, 0.1) is 5.92 Å². The summed E-state index contributed by atoms with van der Waals surface area (Å²) in [6.07, 6.45) is 7.83. The predicted molar refractivity (Wildman–Crippen MR) is 92.3 cm³/mol. The van der Waals surface area contributed by atoms with Crippen LogP contribution in [-0.2, 0) is 17.1 Å². The van der Waals surface area contributed by atoms with Gasteiger partial charge < -0.3 is 9.88 Å². The van der Waals surface area contributed by atoms with Crippen molar-refractivity contribution in [1.29, 1.82) is 0 Å². The van der Waals surface area contributed by atoms with Crippen LogP contribution in [-0.4, -0.2) is 42.3 Å². The highest BCUT2D eigenvalue weighted by molar-refractivity contribution is 7.89. The SMILES string of the molecule is CC1CCCCC1NC(=O)c1cc(S(=O)(=O)N2CCCC2)cn1C. The molecule has 0 bridgehead atoms. The molecule has 7 heteroatoms. The fourth-order valence-corrected chi connectivity index (χ4v) is 5.34. The number of hydrogen-bond donors (Lipinski definition) is 1. The average molecular weight is 353 g/mol. The van der Waals surface area contributed by atoms with E-state index in [1.165, 1.54) is 16.8 Å². The third-order valence-corrected chi connectivity index (χ3v) is 7.21. The quantitative estimate of drug-likeness (QED) is 0.901. The highest BCUT2D eigenvalue weighted by Crippen LogP contribution is 2.25. The Morgan fingerprint density at radius 3 is 2.50 bits per heavy atom. The van der Waals surface area contributed by atoms with E-state index in [9.17, 15) is 13.2 Å². The van der Waals surface area contributed by atoms with Gasteiger partial charge in [0.25, 0.3) is 5.91 Å². The molecule has 1 amide bonds. The smallest absolute Gasteiger partial charge is 0.268 e. The molecule has 1 aliphatic carbocycles. The molecule has 2 heterocycles. The fraction of sp³-hybridized carbons (Fsp3) is 0.706. The van der Waals surface area contributed by atoms with Crippen molar-refractivity contribution >= 4 is 15.9 Å². The molecule has 0 radical (unpaired) electrons. The third kappa shape index (κ3) is 3.37. The van der Waals surface area contributed by atoms with E-state index in [1.807, 2.05) is 0 Å². The van der Waals surface area contributed by atoms with Gasteiger partial charge in [0, 0.05) is 32.4 Å². The Labute approximate surface area is 144 Å². The molecular formula is C17H27N3O3S. The van der Waals surface area contributed by atoms with Crippen LogP contribution in [0.15, 0.2) is 17.2 Å². The van der Waals surface area contributed by atoms with Gasteiger partial charge in [-0.3, -0.25) is 4.79 Å². The number of carbonyl (C=O) groups is 1. The highest BCUT2D eigenvalue weighted by atomic mass is 32.2. The summed E-state index contributed by atoms with van der Waals surface area (Å²) in [7, 11) is -1.76. The molecule has 2 aliphatic rings. The highest BCUT2D eigenvalue weighted by Gasteiger charge is 2.30. The molecule has 2 atom stereocenters. The van der Waals surface area contributed by atoms with Gasteiger partial charge in [-0.15, -0.1) is 0 Å². The Hall–Kier alpha value is -1.34. The summed E-state index contributed by atoms with van der Waals surface area (Å²) in [6.45, 7) is 3.30. The summed E-state index contributed by atoms with van der Waals surface area (Å²) in [4.78, 5) is 12.8. The van der Waals surface area contributed by atoms with Crippen LogP contribution in [0.3, 0.4) is 0 Å². The van der Waals surface area contributed by atoms with Crippen LogP contribution in [0.5, 0.6) is 0 Å². The normalized spacial score (nSPS) is 25.8. The van der Waals surface area contributed by atoms with Crippen molar-refractivity contribution in [2.75, 3.05) is 13.1 Å². The van der Waals surface area contributed by atoms with Crippen LogP contribution >= 0.6 is 0 Å². The van der Waals surface area contributed by atoms with Crippen molar-refractivity contribution in [3.8, 4) is 0 Å². The van der Waals surface area contributed by atoms with E-state index in [0.717, 1.165) is 32.1 Å². The lowest BCUT2D eigenvalue weighted by atomic mass is 9.86. The standard InChI is InChI=1S/C17H27N3O3S/c1-13-7-3-4-8-15(13)18-17(21)16-11-14(12-19(16)2)24(22,23)20-9-5-6-10-20/h11-13,15H,3-10H2,1-2H3,(H,18,21). The van der Waals surface area contributed by atoms with E-state index < -0.39 is 10.0 Å². The second-order valence-electron chi connectivity index (χ2n) is 7.12. The van der Waals surface area contributed by atoms with Crippen molar-refractivity contribution in [3.63, 3.8) is 0 Å². The molecule has 1 aromatic rings. The number of aromatic nitrogens is 1. The summed E-state index contributed by atoms with van der Waals surface area (Å²) in [6, 6.07) is 1.69. The molecule has 2 unspecified atom stereocenters. The second kappa shape index (κ2) is 6.88. The Balaban J connectivity index is 1.77. The predicted octanol–water partition coefficient (Wildman–Crippen LogP) is 2.12. The van der Waals surface area contributed by atoms with Crippen molar-refractivity contribution in [1.82, 2.24) is 14.2 Å². The minimum Gasteiger partial charge on any atom is -0.348 e. The molecule has 0 aromatic carbocycles. The molecule has 0 spiro atoms. The van der Waals surface area contributed by atoms with E-state index in [-0.39, 0.29) is 16.8 Å². The lowest BCUT2D eigenvalue weighted by Gasteiger charge is -2.29. The van der Waals surface area contributed by atoms with Gasteiger partial charge in [-0.05, 0) is 37.7 Å². The van der Waals surface area contributed by atoms with Gasteiger partial charge in [-0.25, -0.2) is 8.42 Å². The molecular weight excluding hydrogens is 326 g/mol. The first kappa shape index (κ1) is 17.5. The molecule has 3 rings (SSSR count). The van der Waals surface area contributed by atoms with E-state index >= 15 is 0 Å². The van der Waals surface area contributed by atoms with Gasteiger partial charge in [0.15, 0.2) is 0 Å². The second-order valence-corrected chi connectivity index (χ2v) is 9.06. The van der Waals surface area contributed by atoms with Crippen molar-refractivity contribution in [3.05, 3.63) is 18.0 Å². The molecule has 6 nitrogen and oxygen atoms in total. The summed E-state index contributed by atoms with van der Waals surface area (Å²) in [5, 5.41) is 3.09. The Bertz CT molecular complexity index is 705. The van der Waals surface area contributed by atoms with Crippen LogP contribution < -0.4 is 5.32 Å². The van der Waals surface area contributed by atoms with Crippen molar-refractivity contribution < 1.29 is 13.2 Å². The van der Waals surface area contributed by atoms with E-state index in [0.29, 0.717) is 24.7 Å². The maximum Gasteiger partial charge on any atom is 0.268 e. The molecule has 1 aliphatic heterocycles. The summed E-state index contributed by atoms with van der Waals surface area (Å²) in [5.41, 5.74) is 0.408. The molecule has 1 aromatic heterocycles. The van der Waals surface area contributed by atoms with Crippen molar-refractivity contribution in [2.45, 2.75) is 56.4 Å². The van der Waals surface area contributed by atoms with Crippen LogP contribution in [0.4, 0.5) is 0 Å². The molecule has 2 fully saturated rings. The summed E-state index contributed by atoms with van der Waals surface area (Å²) >= 11 is 0. The maximum absolute atomic E-state index is 12.6. The first-order chi connectivity index (χ1) is 11.4. The number of nitrogens with zero attached hydrogens (tertiary/aromatic N) is 2. The number of aryl methyl sites for hydroxylation is 1. The van der Waals surface area contributed by atoms with Gasteiger partial charge >= 0.3 is 0 Å². The maximum atomic E-state index is 12.6. The minimum absolute atomic E-state index is 0.180. The van der Waals surface area contributed by atoms with Gasteiger partial charge in [-0.1, -0.05) is 19.8 Å². The largest absolute Gasteiger partial charge is 0.348 e. The van der Waals surface area contributed by atoms with Gasteiger partial charge in [0.05, 0.1) is 0 Å². The number of amides is 1. The molecule has 1 N–H and O–H groups in total. The molecule has 1 saturated carbocycles. The number of carbonyl (C=O) groups excluding carboxylic acids is 1. The van der Waals surface area contributed by atoms with E-state index in [2.05, 4.69) is 12.2 Å². The zero-order chi connectivity index (χ0) is 17.3. The lowest BCUT2D eigenvalue weighted by Crippen LogP contribution is -2.41. The van der Waals surface area contributed by atoms with Gasteiger partial charge in [0.1, 0.15) is 10.6 Å². The number of rotatable bonds is 4. The topological polar surface area (TPSA) is 71.4 Å². The Morgan fingerprint density at radius 2 is 1.83 bits per heavy atom. The number of hydrogen-bond acceptors (Lipinski definition) is 3. The minimum atomic E-state index is -3.49. The van der Waals surface area contributed by atoms with Crippen LogP contribution in [0.25, 0.3) is 0 Å². The first-order valence-electron chi connectivity index (χ1n) is 8.87. The lowest BCUT2D eigenvalue weighted by molar-refractivity contribution is 0.0902. The van der Waals surface area contributed by atoms with Crippen LogP contribution in [0.1, 0.15) is 55.9 Å². The number of nitrogens with one attached hydrogen (secondary N) is 1. The third-order valence-electron chi connectivity index (χ3n) is 5.34. The first-order valence-corrected chi connectivity index (χ1v) is 10.3. The molecule has 134 valence electrons. The summed E-state index contributed by atoms with van der Waals surface area (Å²) in [5.74, 6) is 0.287. The van der Waals surface area contributed by atoms with Crippen LogP contribution in [0.2, 0.25) is 0 Å². The molecule has 1 saturated heterocycles. The Morgan fingerprint density at radius 1 is 1.17 bits per heavy atom. The zero-order valence-electron chi connectivity index (χ0n) is 14.5. The molecule has 24 heavy (non-hydrogen) atoms. The van der Waals surface area contributed by atoms with Gasteiger partial charge in [-0.2, -0.15) is 4.31 Å². The monoisotopic (exact) mass is 353 g/mol. The van der Waals surface area contributed by atoms with Gasteiger partial charge in [0.2, 0.25) is 10.0 Å². The average Bonchev–Trinajstić information content (AvgIpc) is 3.19. The van der Waals surface area contributed by atoms with Crippen molar-refractivity contribution in [2.24, 2.45) is 13.0 Å². The van der Waals surface area contributed by atoms with E-state index in [4.69, 9.17) is 0 Å². The van der Waals surface area contributed by atoms with E-state index in [1.54, 1.807) is 17.8 Å². The summed E-state index contributed by atoms with van der Waals surface area (Å²) < 4.78 is 28.4. The zero-order valence-corrected chi connectivity index (χ0v) is 15.3. The number of sulfonamides is 1. The Kier molecular flexibility index (Phi) is 5.01. The fourth-order valence-electron chi connectivity index (χ4n) is 3.75.